The number of nitro benzene ring substituents is 2. The molecule has 0 radical (unpaired) electrons. The van der Waals surface area contributed by atoms with Crippen LogP contribution in [0.2, 0.25) is 0 Å². The lowest BCUT2D eigenvalue weighted by Crippen LogP contribution is -2.27. The molecule has 34 heavy (non-hydrogen) atoms. The van der Waals surface area contributed by atoms with Gasteiger partial charge in [-0.3, -0.25) is 30.0 Å². The van der Waals surface area contributed by atoms with E-state index in [9.17, 15) is 28.6 Å². The molecular formula is C17H20N6O10S. The lowest BCUT2D eigenvalue weighted by atomic mass is 10.1. The van der Waals surface area contributed by atoms with Crippen LogP contribution in [0, 0.1) is 27.2 Å². The van der Waals surface area contributed by atoms with Crippen molar-refractivity contribution in [2.75, 3.05) is 14.2 Å². The quantitative estimate of drug-likeness (QED) is 0.138. The smallest absolute Gasteiger partial charge is 0.358 e. The van der Waals surface area contributed by atoms with Crippen molar-refractivity contribution in [3.63, 3.8) is 0 Å². The highest BCUT2D eigenvalue weighted by Gasteiger charge is 2.34. The van der Waals surface area contributed by atoms with Crippen LogP contribution in [-0.2, 0) is 10.1 Å². The van der Waals surface area contributed by atoms with Crippen LogP contribution in [0.5, 0.6) is 11.5 Å². The highest BCUT2D eigenvalue weighted by molar-refractivity contribution is 7.85. The van der Waals surface area contributed by atoms with Crippen LogP contribution in [0.3, 0.4) is 0 Å². The number of ether oxygens (including phenoxy) is 2. The number of aryl methyl sites for hydroxylation is 1. The molecule has 0 atom stereocenters. The normalized spacial score (nSPS) is 11.4. The molecule has 0 spiro atoms. The Labute approximate surface area is 192 Å². The van der Waals surface area contributed by atoms with Gasteiger partial charge in [0.05, 0.1) is 41.2 Å². The molecule has 2 rings (SSSR count). The number of rotatable bonds is 7. The van der Waals surface area contributed by atoms with Gasteiger partial charge in [-0.25, -0.2) is 5.48 Å². The van der Waals surface area contributed by atoms with E-state index in [0.717, 1.165) is 17.8 Å². The fraction of sp³-hybridized carbons (Fsp3) is 0.176. The first-order chi connectivity index (χ1) is 15.9. The van der Waals surface area contributed by atoms with Gasteiger partial charge in [0.25, 0.3) is 10.1 Å². The van der Waals surface area contributed by atoms with Crippen molar-refractivity contribution < 1.29 is 37.5 Å². The molecule has 0 aliphatic heterocycles. The van der Waals surface area contributed by atoms with Crippen molar-refractivity contribution >= 4 is 33.7 Å². The van der Waals surface area contributed by atoms with E-state index in [2.05, 4.69) is 10.2 Å². The van der Waals surface area contributed by atoms with Gasteiger partial charge in [-0.05, 0) is 19.1 Å². The molecule has 16 nitrogen and oxygen atoms in total. The average molecular weight is 500 g/mol. The van der Waals surface area contributed by atoms with Gasteiger partial charge in [-0.2, -0.15) is 13.5 Å². The Kier molecular flexibility index (Phi) is 9.80. The largest absolute Gasteiger partial charge is 0.493 e. The Morgan fingerprint density at radius 1 is 1.15 bits per heavy atom. The Balaban J connectivity index is 0.000000437. The third-order valence-corrected chi connectivity index (χ3v) is 4.69. The second-order valence-corrected chi connectivity index (χ2v) is 7.46. The van der Waals surface area contributed by atoms with Gasteiger partial charge < -0.3 is 15.2 Å². The zero-order valence-corrected chi connectivity index (χ0v) is 18.7. The minimum absolute atomic E-state index is 0.0666. The first-order valence-corrected chi connectivity index (χ1v) is 10.2. The minimum atomic E-state index is -4.02. The molecule has 5 N–H and O–H groups in total. The molecular weight excluding hydrogens is 480 g/mol. The molecule has 0 aliphatic carbocycles. The van der Waals surface area contributed by atoms with Gasteiger partial charge in [0.2, 0.25) is 5.96 Å². The standard InChI is InChI=1S/C10H12N6O7.C7H8O3S/c1-22-7-3-6(15(18)19)8(16(20)21)5(9(7)23-2)4-12-13-10(11)14-17;1-6-2-4-7(5-3-6)11(8,9)10/h3-4,17H,1-2H3,(H3,11,13,14);2-5H,1H3,(H,8,9,10)/b12-4+;. The number of hydroxylamine groups is 1. The summed E-state index contributed by atoms with van der Waals surface area (Å²) in [5, 5.41) is 37.3. The molecule has 184 valence electrons. The van der Waals surface area contributed by atoms with E-state index in [-0.39, 0.29) is 22.0 Å². The topological polar surface area (TPSA) is 242 Å². The fourth-order valence-electron chi connectivity index (χ4n) is 2.33. The Bertz CT molecular complexity index is 1210. The third-order valence-electron chi connectivity index (χ3n) is 3.82. The van der Waals surface area contributed by atoms with Crippen LogP contribution in [0.25, 0.3) is 0 Å². The van der Waals surface area contributed by atoms with E-state index in [1.54, 1.807) is 12.1 Å². The SMILES string of the molecule is COc1cc([N+](=O)[O-])c([N+](=O)[O-])c(/C=N/N=C(\N)NO)c1OC.Cc1ccc(S(=O)(=O)O)cc1. The maximum absolute atomic E-state index is 11.2. The number of benzene rings is 2. The van der Waals surface area contributed by atoms with Gasteiger partial charge in [0, 0.05) is 0 Å². The van der Waals surface area contributed by atoms with Crippen LogP contribution in [0.15, 0.2) is 45.4 Å². The van der Waals surface area contributed by atoms with Gasteiger partial charge in [-0.1, -0.05) is 17.7 Å². The Hall–Kier alpha value is -4.35. The summed E-state index contributed by atoms with van der Waals surface area (Å²) in [4.78, 5) is 20.3. The average Bonchev–Trinajstić information content (AvgIpc) is 2.77. The highest BCUT2D eigenvalue weighted by atomic mass is 32.2. The molecule has 0 saturated carbocycles. The Morgan fingerprint density at radius 3 is 2.15 bits per heavy atom. The van der Waals surface area contributed by atoms with E-state index in [0.29, 0.717) is 0 Å². The summed E-state index contributed by atoms with van der Waals surface area (Å²) in [5.41, 5.74) is 5.54. The summed E-state index contributed by atoms with van der Waals surface area (Å²) in [7, 11) is -1.62. The van der Waals surface area contributed by atoms with Crippen molar-refractivity contribution in [3.05, 3.63) is 61.7 Å². The van der Waals surface area contributed by atoms with Crippen molar-refractivity contribution in [2.45, 2.75) is 11.8 Å². The molecule has 0 aliphatic rings. The van der Waals surface area contributed by atoms with E-state index in [1.807, 2.05) is 6.92 Å². The predicted octanol–water partition coefficient (Wildman–Crippen LogP) is 1.39. The maximum atomic E-state index is 11.2. The molecule has 17 heteroatoms. The van der Waals surface area contributed by atoms with E-state index >= 15 is 0 Å². The van der Waals surface area contributed by atoms with Crippen molar-refractivity contribution in [3.8, 4) is 11.5 Å². The number of nitrogens with zero attached hydrogens (tertiary/aromatic N) is 4. The zero-order chi connectivity index (χ0) is 26.1. The summed E-state index contributed by atoms with van der Waals surface area (Å²) < 4.78 is 39.5. The molecule has 0 unspecified atom stereocenters. The van der Waals surface area contributed by atoms with Gasteiger partial charge in [0.15, 0.2) is 11.5 Å². The highest BCUT2D eigenvalue weighted by Crippen LogP contribution is 2.42. The summed E-state index contributed by atoms with van der Waals surface area (Å²) in [6, 6.07) is 6.85. The Morgan fingerprint density at radius 2 is 1.74 bits per heavy atom. The zero-order valence-electron chi connectivity index (χ0n) is 17.9. The van der Waals surface area contributed by atoms with Gasteiger partial charge in [0.1, 0.15) is 5.56 Å². The fourth-order valence-corrected chi connectivity index (χ4v) is 2.81. The summed E-state index contributed by atoms with van der Waals surface area (Å²) in [6.45, 7) is 1.84. The summed E-state index contributed by atoms with van der Waals surface area (Å²) in [5.74, 6) is -0.761. The molecule has 0 bridgehead atoms. The van der Waals surface area contributed by atoms with E-state index < -0.39 is 37.3 Å². The first-order valence-electron chi connectivity index (χ1n) is 8.75. The molecule has 2 aromatic carbocycles. The first kappa shape index (κ1) is 27.7. The number of hydrogen-bond donors (Lipinski definition) is 4. The molecule has 0 amide bonds. The van der Waals surface area contributed by atoms with Gasteiger partial charge >= 0.3 is 11.4 Å². The molecule has 0 fully saturated rings. The summed E-state index contributed by atoms with van der Waals surface area (Å²) >= 11 is 0. The number of nitrogens with one attached hydrogen (secondary N) is 1. The van der Waals surface area contributed by atoms with E-state index in [4.69, 9.17) is 25.0 Å². The third kappa shape index (κ3) is 7.36. The summed E-state index contributed by atoms with van der Waals surface area (Å²) in [6.07, 6.45) is 0.816. The number of hydrogen-bond acceptors (Lipinski definition) is 11. The molecule has 0 saturated heterocycles. The molecule has 0 heterocycles. The van der Waals surface area contributed by atoms with Crippen LogP contribution in [-0.4, -0.2) is 54.4 Å². The van der Waals surface area contributed by atoms with Crippen molar-refractivity contribution in [1.29, 1.82) is 0 Å². The van der Waals surface area contributed by atoms with Crippen LogP contribution >= 0.6 is 0 Å². The lowest BCUT2D eigenvalue weighted by Gasteiger charge is -2.10. The number of nitro groups is 2. The van der Waals surface area contributed by atoms with Crippen molar-refractivity contribution in [2.24, 2.45) is 15.9 Å². The lowest BCUT2D eigenvalue weighted by molar-refractivity contribution is -0.422. The van der Waals surface area contributed by atoms with Crippen LogP contribution in [0.1, 0.15) is 11.1 Å². The van der Waals surface area contributed by atoms with Crippen LogP contribution in [0.4, 0.5) is 11.4 Å². The number of guanidine groups is 1. The number of nitrogens with two attached hydrogens (primary N) is 1. The second-order valence-electron chi connectivity index (χ2n) is 6.04. The molecule has 0 aromatic heterocycles. The van der Waals surface area contributed by atoms with Crippen LogP contribution < -0.4 is 20.7 Å². The number of methoxy groups -OCH3 is 2. The maximum Gasteiger partial charge on any atom is 0.358 e. The second kappa shape index (κ2) is 12.0. The molecule has 2 aromatic rings. The van der Waals surface area contributed by atoms with Crippen molar-refractivity contribution in [1.82, 2.24) is 5.48 Å². The minimum Gasteiger partial charge on any atom is -0.493 e. The van der Waals surface area contributed by atoms with Gasteiger partial charge in [-0.15, -0.1) is 5.10 Å². The monoisotopic (exact) mass is 500 g/mol. The van der Waals surface area contributed by atoms with E-state index in [1.165, 1.54) is 31.8 Å². The predicted molar refractivity (Wildman–Crippen MR) is 118 cm³/mol.